The molecule has 142 valence electrons. The van der Waals surface area contributed by atoms with E-state index in [1.54, 1.807) is 0 Å². The van der Waals surface area contributed by atoms with Crippen molar-refractivity contribution in [3.05, 3.63) is 59.7 Å². The van der Waals surface area contributed by atoms with Crippen LogP contribution in [0.2, 0.25) is 0 Å². The molecule has 2 aromatic carbocycles. The van der Waals surface area contributed by atoms with E-state index in [1.165, 1.54) is 5.39 Å². The number of amides is 1. The minimum Gasteiger partial charge on any atom is -0.355 e. The minimum absolute atomic E-state index is 0.0201. The molecule has 0 unspecified atom stereocenters. The van der Waals surface area contributed by atoms with Gasteiger partial charge < -0.3 is 20.1 Å². The van der Waals surface area contributed by atoms with Crippen LogP contribution in [0.15, 0.2) is 48.5 Å². The maximum atomic E-state index is 12.8. The van der Waals surface area contributed by atoms with Gasteiger partial charge in [0.05, 0.1) is 5.57 Å². The van der Waals surface area contributed by atoms with E-state index in [-0.39, 0.29) is 5.91 Å². The molecule has 1 amide bonds. The van der Waals surface area contributed by atoms with Crippen LogP contribution in [0.5, 0.6) is 0 Å². The van der Waals surface area contributed by atoms with Gasteiger partial charge in [0.25, 0.3) is 5.91 Å². The van der Waals surface area contributed by atoms with Crippen molar-refractivity contribution >= 4 is 39.5 Å². The van der Waals surface area contributed by atoms with Crippen molar-refractivity contribution in [3.8, 4) is 0 Å². The Labute approximate surface area is 164 Å². The zero-order valence-corrected chi connectivity index (χ0v) is 16.2. The highest BCUT2D eigenvalue weighted by Gasteiger charge is 2.29. The fourth-order valence-electron chi connectivity index (χ4n) is 4.39. The molecule has 5 nitrogen and oxygen atoms in total. The molecule has 2 N–H and O–H groups in total. The standard InChI is InChI=1S/C23H24N4O/c1-15(21-17-8-4-6-10-19(17)25-23(21)28)20-16-7-3-5-9-18(16)24-22(20)27-13-11-26(2)12-14-27/h3-10,24H,11-14H2,1-2H3,(H,25,28). The van der Waals surface area contributed by atoms with Crippen molar-refractivity contribution in [2.24, 2.45) is 0 Å². The zero-order valence-electron chi connectivity index (χ0n) is 16.2. The van der Waals surface area contributed by atoms with E-state index in [2.05, 4.69) is 58.3 Å². The summed E-state index contributed by atoms with van der Waals surface area (Å²) in [7, 11) is 2.16. The fourth-order valence-corrected chi connectivity index (χ4v) is 4.39. The Morgan fingerprint density at radius 3 is 2.50 bits per heavy atom. The van der Waals surface area contributed by atoms with Crippen LogP contribution in [0.1, 0.15) is 18.1 Å². The number of anilines is 2. The summed E-state index contributed by atoms with van der Waals surface area (Å²) in [5, 5.41) is 4.18. The number of aromatic amines is 1. The maximum Gasteiger partial charge on any atom is 0.256 e. The first-order valence-corrected chi connectivity index (χ1v) is 9.79. The van der Waals surface area contributed by atoms with E-state index in [9.17, 15) is 4.79 Å². The largest absolute Gasteiger partial charge is 0.355 e. The summed E-state index contributed by atoms with van der Waals surface area (Å²) < 4.78 is 0. The Bertz CT molecular complexity index is 1100. The molecule has 0 atom stereocenters. The van der Waals surface area contributed by atoms with E-state index in [0.717, 1.165) is 65.5 Å². The van der Waals surface area contributed by atoms with Gasteiger partial charge in [0.15, 0.2) is 0 Å². The molecule has 1 aromatic heterocycles. The van der Waals surface area contributed by atoms with Crippen LogP contribution in [-0.2, 0) is 4.79 Å². The molecule has 5 rings (SSSR count). The van der Waals surface area contributed by atoms with Gasteiger partial charge in [-0.3, -0.25) is 4.79 Å². The van der Waals surface area contributed by atoms with E-state index < -0.39 is 0 Å². The number of nitrogens with zero attached hydrogens (tertiary/aromatic N) is 2. The highest BCUT2D eigenvalue weighted by molar-refractivity contribution is 6.37. The van der Waals surface area contributed by atoms with Gasteiger partial charge in [-0.05, 0) is 31.7 Å². The number of carbonyl (C=O) groups is 1. The molecule has 3 heterocycles. The second-order valence-corrected chi connectivity index (χ2v) is 7.68. The van der Waals surface area contributed by atoms with Crippen LogP contribution in [-0.4, -0.2) is 49.0 Å². The summed E-state index contributed by atoms with van der Waals surface area (Å²) in [6, 6.07) is 16.3. The molecule has 0 spiro atoms. The smallest absolute Gasteiger partial charge is 0.256 e. The topological polar surface area (TPSA) is 51.4 Å². The summed E-state index contributed by atoms with van der Waals surface area (Å²) >= 11 is 0. The van der Waals surface area contributed by atoms with E-state index in [1.807, 2.05) is 24.3 Å². The lowest BCUT2D eigenvalue weighted by atomic mass is 9.95. The number of carbonyl (C=O) groups excluding carboxylic acids is 1. The molecule has 5 heteroatoms. The number of nitrogens with one attached hydrogen (secondary N) is 2. The highest BCUT2D eigenvalue weighted by atomic mass is 16.2. The number of piperazine rings is 1. The number of rotatable bonds is 2. The molecule has 3 aromatic rings. The van der Waals surface area contributed by atoms with Crippen LogP contribution in [0.3, 0.4) is 0 Å². The zero-order chi connectivity index (χ0) is 19.3. The third-order valence-electron chi connectivity index (χ3n) is 5.93. The molecule has 0 saturated carbocycles. The van der Waals surface area contributed by atoms with Gasteiger partial charge in [-0.25, -0.2) is 0 Å². The summed E-state index contributed by atoms with van der Waals surface area (Å²) in [5.74, 6) is 1.10. The van der Waals surface area contributed by atoms with Crippen molar-refractivity contribution in [1.29, 1.82) is 0 Å². The van der Waals surface area contributed by atoms with Crippen molar-refractivity contribution in [2.75, 3.05) is 43.4 Å². The molecule has 0 radical (unpaired) electrons. The van der Waals surface area contributed by atoms with Crippen LogP contribution in [0.25, 0.3) is 22.0 Å². The quantitative estimate of drug-likeness (QED) is 0.673. The predicted molar refractivity (Wildman–Crippen MR) is 116 cm³/mol. The molecule has 2 aliphatic heterocycles. The average molecular weight is 372 g/mol. The number of H-pyrrole nitrogens is 1. The number of fused-ring (bicyclic) bond motifs is 2. The van der Waals surface area contributed by atoms with Crippen LogP contribution < -0.4 is 10.2 Å². The Morgan fingerprint density at radius 1 is 0.964 bits per heavy atom. The molecular weight excluding hydrogens is 348 g/mol. The third-order valence-corrected chi connectivity index (χ3v) is 5.93. The molecule has 0 bridgehead atoms. The molecule has 1 saturated heterocycles. The summed E-state index contributed by atoms with van der Waals surface area (Å²) in [5.41, 5.74) is 5.92. The van der Waals surface area contributed by atoms with Gasteiger partial charge in [-0.15, -0.1) is 0 Å². The lowest BCUT2D eigenvalue weighted by molar-refractivity contribution is -0.110. The van der Waals surface area contributed by atoms with Crippen molar-refractivity contribution in [2.45, 2.75) is 6.92 Å². The summed E-state index contributed by atoms with van der Waals surface area (Å²) in [4.78, 5) is 21.2. The second-order valence-electron chi connectivity index (χ2n) is 7.68. The maximum absolute atomic E-state index is 12.8. The van der Waals surface area contributed by atoms with Gasteiger partial charge in [-0.1, -0.05) is 36.4 Å². The Kier molecular flexibility index (Phi) is 3.98. The first-order valence-electron chi connectivity index (χ1n) is 9.79. The lowest BCUT2D eigenvalue weighted by Gasteiger charge is -2.34. The van der Waals surface area contributed by atoms with Crippen molar-refractivity contribution in [1.82, 2.24) is 9.88 Å². The summed E-state index contributed by atoms with van der Waals surface area (Å²) in [6.45, 7) is 6.09. The van der Waals surface area contributed by atoms with Gasteiger partial charge in [0, 0.05) is 53.9 Å². The number of para-hydroxylation sites is 2. The minimum atomic E-state index is -0.0201. The van der Waals surface area contributed by atoms with E-state index >= 15 is 0 Å². The van der Waals surface area contributed by atoms with Crippen molar-refractivity contribution in [3.63, 3.8) is 0 Å². The number of allylic oxidation sites excluding steroid dienone is 1. The first kappa shape index (κ1) is 17.1. The molecule has 28 heavy (non-hydrogen) atoms. The number of hydrogen-bond donors (Lipinski definition) is 2. The SMILES string of the molecule is CC(=C1C(=O)Nc2ccccc21)c1c(N2CCN(C)CC2)[nH]c2ccccc12. The van der Waals surface area contributed by atoms with E-state index in [0.29, 0.717) is 0 Å². The Morgan fingerprint density at radius 2 is 1.68 bits per heavy atom. The van der Waals surface area contributed by atoms with Crippen LogP contribution >= 0.6 is 0 Å². The monoisotopic (exact) mass is 372 g/mol. The number of hydrogen-bond acceptors (Lipinski definition) is 3. The lowest BCUT2D eigenvalue weighted by Crippen LogP contribution is -2.44. The van der Waals surface area contributed by atoms with Gasteiger partial charge in [0.1, 0.15) is 5.82 Å². The molecular formula is C23H24N4O. The molecule has 1 fully saturated rings. The predicted octanol–water partition coefficient (Wildman–Crippen LogP) is 3.80. The van der Waals surface area contributed by atoms with Gasteiger partial charge in [0.2, 0.25) is 0 Å². The van der Waals surface area contributed by atoms with Gasteiger partial charge >= 0.3 is 0 Å². The fraction of sp³-hybridized carbons (Fsp3) is 0.261. The van der Waals surface area contributed by atoms with E-state index in [4.69, 9.17) is 0 Å². The van der Waals surface area contributed by atoms with Crippen molar-refractivity contribution < 1.29 is 4.79 Å². The number of benzene rings is 2. The normalized spacial score (nSPS) is 19.1. The Balaban J connectivity index is 1.72. The number of likely N-dealkylation sites (N-methyl/N-ethyl adjacent to an activating group) is 1. The Hall–Kier alpha value is -3.05. The average Bonchev–Trinajstić information content (AvgIpc) is 3.25. The van der Waals surface area contributed by atoms with Crippen LogP contribution in [0, 0.1) is 0 Å². The second kappa shape index (κ2) is 6.53. The highest BCUT2D eigenvalue weighted by Crippen LogP contribution is 2.42. The van der Waals surface area contributed by atoms with Crippen LogP contribution in [0.4, 0.5) is 11.5 Å². The molecule has 2 aliphatic rings. The third kappa shape index (κ3) is 2.62. The molecule has 0 aliphatic carbocycles. The van der Waals surface area contributed by atoms with Gasteiger partial charge in [-0.2, -0.15) is 0 Å². The number of aromatic nitrogens is 1. The summed E-state index contributed by atoms with van der Waals surface area (Å²) in [6.07, 6.45) is 0. The first-order chi connectivity index (χ1) is 13.6.